The Labute approximate surface area is 250 Å². The number of unbranched alkanes of at least 4 members (excludes halogenated alkanes) is 18. The van der Waals surface area contributed by atoms with Crippen molar-refractivity contribution in [3.63, 3.8) is 0 Å². The quantitative estimate of drug-likeness (QED) is 0.0360. The lowest BCUT2D eigenvalue weighted by molar-refractivity contribution is -0.161. The van der Waals surface area contributed by atoms with Gasteiger partial charge in [-0.05, 0) is 38.5 Å². The number of esters is 2. The van der Waals surface area contributed by atoms with E-state index in [1.54, 1.807) is 0 Å². The number of carbonyl (C=O) groups is 2. The lowest BCUT2D eigenvalue weighted by atomic mass is 10.1. The molecule has 9 heteroatoms. The number of phosphoric acid groups is 1. The molecule has 0 bridgehead atoms. The minimum Gasteiger partial charge on any atom is -0.462 e. The van der Waals surface area contributed by atoms with Crippen molar-refractivity contribution < 1.29 is 37.9 Å². The van der Waals surface area contributed by atoms with Crippen LogP contribution < -0.4 is 0 Å². The summed E-state index contributed by atoms with van der Waals surface area (Å²) in [5.41, 5.74) is 0. The smallest absolute Gasteiger partial charge is 0.462 e. The van der Waals surface area contributed by atoms with Crippen LogP contribution in [-0.2, 0) is 28.2 Å². The van der Waals surface area contributed by atoms with Gasteiger partial charge in [0.05, 0.1) is 6.61 Å². The Morgan fingerprint density at radius 1 is 0.610 bits per heavy atom. The number of hydrogen-bond acceptors (Lipinski definition) is 6. The summed E-state index contributed by atoms with van der Waals surface area (Å²) in [6.07, 6.45) is 28.2. The molecule has 1 atom stereocenters. The van der Waals surface area contributed by atoms with E-state index < -0.39 is 32.5 Å². The molecule has 0 aliphatic carbocycles. The topological polar surface area (TPSA) is 119 Å². The summed E-state index contributed by atoms with van der Waals surface area (Å²) in [5, 5.41) is 0. The van der Waals surface area contributed by atoms with Gasteiger partial charge in [0, 0.05) is 12.8 Å². The third-order valence-electron chi connectivity index (χ3n) is 7.03. The van der Waals surface area contributed by atoms with Gasteiger partial charge >= 0.3 is 19.8 Å². The zero-order valence-electron chi connectivity index (χ0n) is 26.2. The molecule has 2 N–H and O–H groups in total. The van der Waals surface area contributed by atoms with Gasteiger partial charge in [0.25, 0.3) is 0 Å². The van der Waals surface area contributed by atoms with Crippen molar-refractivity contribution in [2.24, 2.45) is 0 Å². The average molecular weight is 605 g/mol. The molecule has 41 heavy (non-hydrogen) atoms. The molecule has 0 radical (unpaired) electrons. The highest BCUT2D eigenvalue weighted by atomic mass is 31.2. The van der Waals surface area contributed by atoms with Gasteiger partial charge in [-0.25, -0.2) is 4.57 Å². The van der Waals surface area contributed by atoms with Crippen molar-refractivity contribution in [2.45, 2.75) is 168 Å². The maximum absolute atomic E-state index is 12.3. The second kappa shape index (κ2) is 28.9. The van der Waals surface area contributed by atoms with Gasteiger partial charge < -0.3 is 19.3 Å². The van der Waals surface area contributed by atoms with Gasteiger partial charge in [0.2, 0.25) is 0 Å². The first-order valence-electron chi connectivity index (χ1n) is 16.5. The summed E-state index contributed by atoms with van der Waals surface area (Å²) in [6, 6.07) is 0. The predicted molar refractivity (Wildman–Crippen MR) is 166 cm³/mol. The molecule has 0 spiro atoms. The zero-order chi connectivity index (χ0) is 30.4. The maximum atomic E-state index is 12.3. The molecule has 0 amide bonds. The Morgan fingerprint density at radius 2 is 1.02 bits per heavy atom. The molecule has 1 unspecified atom stereocenters. The molecular formula is C32H61O8P. The molecule has 0 aromatic rings. The Balaban J connectivity index is 3.93. The van der Waals surface area contributed by atoms with E-state index in [1.807, 2.05) is 0 Å². The van der Waals surface area contributed by atoms with Crippen molar-refractivity contribution in [1.29, 1.82) is 0 Å². The standard InChI is InChI=1S/C32H61O8P/c1-3-5-7-9-11-12-13-14-15-16-17-18-19-20-21-23-25-27-32(34)40-30(29-39-41(35,36)37)28-38-31(33)26-24-22-10-8-6-4-2/h14-15,30H,3-13,16-29H2,1-2H3,(H2,35,36,37)/b15-14-. The SMILES string of the molecule is CCCCCCCC/C=C\CCCCCCCCCC(=O)OC(COC(=O)CCCCCCCC)COP(=O)(O)O. The Hall–Kier alpha value is -1.21. The van der Waals surface area contributed by atoms with Crippen LogP contribution in [0.2, 0.25) is 0 Å². The normalized spacial score (nSPS) is 12.6. The number of allylic oxidation sites excluding steroid dienone is 2. The first kappa shape index (κ1) is 39.8. The van der Waals surface area contributed by atoms with Crippen LogP contribution in [0.4, 0.5) is 0 Å². The van der Waals surface area contributed by atoms with E-state index in [9.17, 15) is 14.2 Å². The maximum Gasteiger partial charge on any atom is 0.469 e. The van der Waals surface area contributed by atoms with Gasteiger partial charge in [-0.2, -0.15) is 0 Å². The average Bonchev–Trinajstić information content (AvgIpc) is 2.93. The summed E-state index contributed by atoms with van der Waals surface area (Å²) in [5.74, 6) is -0.897. The molecule has 0 saturated heterocycles. The van der Waals surface area contributed by atoms with E-state index in [0.717, 1.165) is 57.8 Å². The fourth-order valence-corrected chi connectivity index (χ4v) is 4.90. The monoisotopic (exact) mass is 604 g/mol. The fraction of sp³-hybridized carbons (Fsp3) is 0.875. The molecule has 0 rings (SSSR count). The highest BCUT2D eigenvalue weighted by Crippen LogP contribution is 2.35. The third kappa shape index (κ3) is 31.6. The first-order chi connectivity index (χ1) is 19.8. The van der Waals surface area contributed by atoms with Crippen LogP contribution in [0, 0.1) is 0 Å². The van der Waals surface area contributed by atoms with Crippen LogP contribution in [0.5, 0.6) is 0 Å². The Bertz CT molecular complexity index is 691. The van der Waals surface area contributed by atoms with E-state index in [4.69, 9.17) is 19.3 Å². The largest absolute Gasteiger partial charge is 0.469 e. The number of ether oxygens (including phenoxy) is 2. The summed E-state index contributed by atoms with van der Waals surface area (Å²) in [7, 11) is -4.73. The second-order valence-corrected chi connectivity index (χ2v) is 12.4. The third-order valence-corrected chi connectivity index (χ3v) is 7.52. The van der Waals surface area contributed by atoms with Crippen molar-refractivity contribution in [1.82, 2.24) is 0 Å². The molecule has 242 valence electrons. The second-order valence-electron chi connectivity index (χ2n) is 11.1. The van der Waals surface area contributed by atoms with Crippen molar-refractivity contribution in [3.8, 4) is 0 Å². The molecule has 0 aliphatic rings. The highest BCUT2D eigenvalue weighted by molar-refractivity contribution is 7.46. The van der Waals surface area contributed by atoms with Crippen molar-refractivity contribution in [2.75, 3.05) is 13.2 Å². The minimum absolute atomic E-state index is 0.210. The Kier molecular flexibility index (Phi) is 28.0. The molecule has 0 heterocycles. The summed E-state index contributed by atoms with van der Waals surface area (Å²) >= 11 is 0. The number of rotatable bonds is 30. The van der Waals surface area contributed by atoms with E-state index in [-0.39, 0.29) is 19.4 Å². The highest BCUT2D eigenvalue weighted by Gasteiger charge is 2.22. The van der Waals surface area contributed by atoms with Gasteiger partial charge in [-0.15, -0.1) is 0 Å². The van der Waals surface area contributed by atoms with E-state index in [2.05, 4.69) is 30.5 Å². The Morgan fingerprint density at radius 3 is 1.49 bits per heavy atom. The van der Waals surface area contributed by atoms with Crippen LogP contribution in [0.1, 0.15) is 162 Å². The molecule has 0 aromatic heterocycles. The number of hydrogen-bond donors (Lipinski definition) is 2. The van der Waals surface area contributed by atoms with E-state index in [0.29, 0.717) is 6.42 Å². The molecule has 0 saturated carbocycles. The van der Waals surface area contributed by atoms with Crippen molar-refractivity contribution in [3.05, 3.63) is 12.2 Å². The molecule has 0 aliphatic heterocycles. The molecule has 0 aromatic carbocycles. The fourth-order valence-electron chi connectivity index (χ4n) is 4.54. The van der Waals surface area contributed by atoms with Gasteiger partial charge in [-0.3, -0.25) is 14.1 Å². The van der Waals surface area contributed by atoms with Crippen molar-refractivity contribution >= 4 is 19.8 Å². The number of phosphoric ester groups is 1. The summed E-state index contributed by atoms with van der Waals surface area (Å²) < 4.78 is 26.1. The van der Waals surface area contributed by atoms with Gasteiger partial charge in [-0.1, -0.05) is 122 Å². The van der Waals surface area contributed by atoms with E-state index >= 15 is 0 Å². The molecular weight excluding hydrogens is 543 g/mol. The predicted octanol–water partition coefficient (Wildman–Crippen LogP) is 9.12. The first-order valence-corrected chi connectivity index (χ1v) is 18.0. The van der Waals surface area contributed by atoms with E-state index in [1.165, 1.54) is 70.6 Å². The van der Waals surface area contributed by atoms with Crippen LogP contribution in [0.3, 0.4) is 0 Å². The molecule has 0 fully saturated rings. The number of carbonyl (C=O) groups excluding carboxylic acids is 2. The summed E-state index contributed by atoms with van der Waals surface area (Å²) in [4.78, 5) is 42.2. The lowest BCUT2D eigenvalue weighted by Gasteiger charge is -2.18. The van der Waals surface area contributed by atoms with Crippen LogP contribution >= 0.6 is 7.82 Å². The van der Waals surface area contributed by atoms with Crippen LogP contribution in [0.15, 0.2) is 12.2 Å². The minimum atomic E-state index is -4.73. The zero-order valence-corrected chi connectivity index (χ0v) is 27.1. The molecule has 8 nitrogen and oxygen atoms in total. The summed E-state index contributed by atoms with van der Waals surface area (Å²) in [6.45, 7) is 3.58. The van der Waals surface area contributed by atoms with Crippen LogP contribution in [0.25, 0.3) is 0 Å². The van der Waals surface area contributed by atoms with Crippen LogP contribution in [-0.4, -0.2) is 41.0 Å². The van der Waals surface area contributed by atoms with Gasteiger partial charge in [0.1, 0.15) is 6.61 Å². The lowest BCUT2D eigenvalue weighted by Crippen LogP contribution is -2.29. The van der Waals surface area contributed by atoms with Gasteiger partial charge in [0.15, 0.2) is 6.10 Å².